The zero-order chi connectivity index (χ0) is 5.82. The third-order valence-electron chi connectivity index (χ3n) is 0.918. The predicted octanol–water partition coefficient (Wildman–Crippen LogP) is -1.37. The molecule has 1 aromatic rings. The first kappa shape index (κ1) is 12.8. The maximum Gasteiger partial charge on any atom is 0.0255 e. The molecule has 0 aliphatic carbocycles. The smallest absolute Gasteiger partial charge is 0.0255 e. The number of benzene rings is 1. The summed E-state index contributed by atoms with van der Waals surface area (Å²) >= 11 is 0. The standard InChI is InChI=1S/C8H5.HI.Zn/c1-2-8-6-4-3-5-7-8;;/h3-7H;1H;/p-1. The molecule has 0 amide bonds. The van der Waals surface area contributed by atoms with Gasteiger partial charge < -0.3 is 24.0 Å². The Kier molecular flexibility index (Phi) is 9.26. The summed E-state index contributed by atoms with van der Waals surface area (Å²) in [6, 6.07) is 9.37. The van der Waals surface area contributed by atoms with Crippen molar-refractivity contribution >= 4 is 0 Å². The Labute approximate surface area is 91.2 Å². The largest absolute Gasteiger partial charge is 1.00 e. The third kappa shape index (κ3) is 4.03. The summed E-state index contributed by atoms with van der Waals surface area (Å²) < 4.78 is 0. The van der Waals surface area contributed by atoms with Crippen LogP contribution in [0.1, 0.15) is 5.56 Å². The summed E-state index contributed by atoms with van der Waals surface area (Å²) in [6.07, 6.45) is 6.69. The first-order valence-corrected chi connectivity index (χ1v) is 2.41. The molecule has 0 bridgehead atoms. The van der Waals surface area contributed by atoms with Gasteiger partial charge in [-0.2, -0.15) is 0 Å². The second kappa shape index (κ2) is 7.24. The van der Waals surface area contributed by atoms with Crippen LogP contribution in [0.15, 0.2) is 30.3 Å². The van der Waals surface area contributed by atoms with Crippen molar-refractivity contribution in [2.24, 2.45) is 0 Å². The molecule has 0 heterocycles. The van der Waals surface area contributed by atoms with Gasteiger partial charge in [-0.1, -0.05) is 24.1 Å². The van der Waals surface area contributed by atoms with Crippen LogP contribution in [0.5, 0.6) is 0 Å². The molecule has 1 rings (SSSR count). The zero-order valence-corrected chi connectivity index (χ0v) is 10.6. The summed E-state index contributed by atoms with van der Waals surface area (Å²) in [5.74, 6) is 2.28. The van der Waals surface area contributed by atoms with E-state index >= 15 is 0 Å². The van der Waals surface area contributed by atoms with Gasteiger partial charge in [0.25, 0.3) is 0 Å². The summed E-state index contributed by atoms with van der Waals surface area (Å²) in [5, 5.41) is 0. The van der Waals surface area contributed by atoms with Gasteiger partial charge in [-0.15, -0.1) is 0 Å². The Balaban J connectivity index is 0. The molecule has 0 aromatic heterocycles. The first-order valence-electron chi connectivity index (χ1n) is 2.41. The van der Waals surface area contributed by atoms with Crippen molar-refractivity contribution in [2.45, 2.75) is 0 Å². The molecule has 0 aliphatic rings. The molecule has 47 valence electrons. The molecule has 0 spiro atoms. The monoisotopic (exact) mass is 292 g/mol. The van der Waals surface area contributed by atoms with Crippen LogP contribution in [0.25, 0.3) is 0 Å². The van der Waals surface area contributed by atoms with Crippen molar-refractivity contribution in [3.63, 3.8) is 0 Å². The van der Waals surface area contributed by atoms with Crippen LogP contribution in [-0.4, -0.2) is 0 Å². The van der Waals surface area contributed by atoms with Crippen LogP contribution in [0.4, 0.5) is 0 Å². The van der Waals surface area contributed by atoms with E-state index in [9.17, 15) is 0 Å². The third-order valence-corrected chi connectivity index (χ3v) is 0.918. The molecule has 0 N–H and O–H groups in total. The number of halogens is 1. The van der Waals surface area contributed by atoms with Crippen LogP contribution in [-0.2, 0) is 19.5 Å². The minimum Gasteiger partial charge on any atom is -1.00 e. The molecular weight excluding hydrogens is 288 g/mol. The summed E-state index contributed by atoms with van der Waals surface area (Å²) in [7, 11) is 0. The van der Waals surface area contributed by atoms with Gasteiger partial charge in [0.2, 0.25) is 0 Å². The van der Waals surface area contributed by atoms with E-state index in [1.54, 1.807) is 0 Å². The average molecular weight is 293 g/mol. The quantitative estimate of drug-likeness (QED) is 0.314. The van der Waals surface area contributed by atoms with Crippen molar-refractivity contribution in [3.05, 3.63) is 42.3 Å². The second-order valence-electron chi connectivity index (χ2n) is 1.49. The van der Waals surface area contributed by atoms with Crippen molar-refractivity contribution in [1.82, 2.24) is 0 Å². The SMILES string of the molecule is [C]#Cc1ccccc1.[I-].[Zn]. The number of hydrogen-bond acceptors (Lipinski definition) is 0. The van der Waals surface area contributed by atoms with Crippen LogP contribution in [0.2, 0.25) is 0 Å². The van der Waals surface area contributed by atoms with Crippen molar-refractivity contribution in [1.29, 1.82) is 0 Å². The van der Waals surface area contributed by atoms with Crippen molar-refractivity contribution in [2.75, 3.05) is 0 Å². The van der Waals surface area contributed by atoms with Gasteiger partial charge in [-0.3, -0.25) is 0 Å². The Morgan fingerprint density at radius 1 is 1.10 bits per heavy atom. The molecule has 2 heteroatoms. The van der Waals surface area contributed by atoms with Crippen LogP contribution < -0.4 is 24.0 Å². The Morgan fingerprint density at radius 2 is 1.60 bits per heavy atom. The fourth-order valence-corrected chi connectivity index (χ4v) is 0.521. The van der Waals surface area contributed by atoms with E-state index in [4.69, 9.17) is 6.42 Å². The first-order chi connectivity index (χ1) is 3.93. The van der Waals surface area contributed by atoms with Crippen LogP contribution in [0, 0.1) is 12.3 Å². The van der Waals surface area contributed by atoms with E-state index < -0.39 is 0 Å². The molecule has 0 saturated carbocycles. The Morgan fingerprint density at radius 3 is 1.90 bits per heavy atom. The summed E-state index contributed by atoms with van der Waals surface area (Å²) in [4.78, 5) is 0. The molecule has 0 aliphatic heterocycles. The van der Waals surface area contributed by atoms with Gasteiger partial charge >= 0.3 is 0 Å². The van der Waals surface area contributed by atoms with Crippen molar-refractivity contribution < 1.29 is 43.5 Å². The van der Waals surface area contributed by atoms with Crippen molar-refractivity contribution in [3.8, 4) is 5.92 Å². The van der Waals surface area contributed by atoms with Gasteiger partial charge in [-0.05, 0) is 18.6 Å². The van der Waals surface area contributed by atoms with Gasteiger partial charge in [0.05, 0.1) is 0 Å². The molecule has 0 fully saturated rings. The maximum absolute atomic E-state index is 6.69. The number of rotatable bonds is 0. The maximum atomic E-state index is 6.69. The summed E-state index contributed by atoms with van der Waals surface area (Å²) in [5.41, 5.74) is 0.826. The topological polar surface area (TPSA) is 0 Å². The van der Waals surface area contributed by atoms with Gasteiger partial charge in [0.15, 0.2) is 0 Å². The van der Waals surface area contributed by atoms with Gasteiger partial charge in [0.1, 0.15) is 0 Å². The van der Waals surface area contributed by atoms with E-state index in [0.717, 1.165) is 5.56 Å². The molecule has 0 saturated heterocycles. The molecule has 1 aromatic carbocycles. The fraction of sp³-hybridized carbons (Fsp3) is 0. The Hall–Kier alpha value is 0.133. The zero-order valence-electron chi connectivity index (χ0n) is 5.47. The van der Waals surface area contributed by atoms with E-state index in [-0.39, 0.29) is 43.5 Å². The molecule has 10 heavy (non-hydrogen) atoms. The predicted molar refractivity (Wildman–Crippen MR) is 32.7 cm³/mol. The van der Waals surface area contributed by atoms with Crippen LogP contribution in [0.3, 0.4) is 0 Å². The molecule has 0 nitrogen and oxygen atoms in total. The minimum absolute atomic E-state index is 0. The average Bonchev–Trinajstić information content (AvgIpc) is 1.90. The normalized spacial score (nSPS) is 6.30. The van der Waals surface area contributed by atoms with E-state index in [2.05, 4.69) is 5.92 Å². The number of hydrogen-bond donors (Lipinski definition) is 0. The van der Waals surface area contributed by atoms with Crippen LogP contribution >= 0.6 is 0 Å². The fourth-order valence-electron chi connectivity index (χ4n) is 0.521. The second-order valence-corrected chi connectivity index (χ2v) is 1.49. The van der Waals surface area contributed by atoms with E-state index in [0.29, 0.717) is 0 Å². The van der Waals surface area contributed by atoms with Gasteiger partial charge in [-0.25, -0.2) is 0 Å². The molecule has 0 atom stereocenters. The summed E-state index contributed by atoms with van der Waals surface area (Å²) in [6.45, 7) is 0. The minimum atomic E-state index is 0. The Bertz CT molecular complexity index is 200. The molecule has 0 unspecified atom stereocenters. The van der Waals surface area contributed by atoms with E-state index in [1.807, 2.05) is 30.3 Å². The van der Waals surface area contributed by atoms with Gasteiger partial charge in [0, 0.05) is 25.0 Å². The van der Waals surface area contributed by atoms with E-state index in [1.165, 1.54) is 0 Å². The molecular formula is C8H5IZn-. The molecule has 1 radical (unpaired) electrons.